The zero-order valence-corrected chi connectivity index (χ0v) is 14.9. The van der Waals surface area contributed by atoms with Crippen LogP contribution in [0.1, 0.15) is 0 Å². The van der Waals surface area contributed by atoms with Crippen LogP contribution in [0.4, 0.5) is 0 Å². The molecule has 0 saturated carbocycles. The Morgan fingerprint density at radius 2 is 0.609 bits per heavy atom. The first-order valence-electron chi connectivity index (χ1n) is 5.79. The Morgan fingerprint density at radius 3 is 0.609 bits per heavy atom. The Bertz CT molecular complexity index is 239. The van der Waals surface area contributed by atoms with E-state index in [1.165, 1.54) is 0 Å². The Hall–Kier alpha value is 0.650. The third-order valence-electron chi connectivity index (χ3n) is 2.40. The van der Waals surface area contributed by atoms with E-state index >= 15 is 0 Å². The molecular weight excluding hydrogens is 381 g/mol. The van der Waals surface area contributed by atoms with Crippen molar-refractivity contribution in [3.05, 3.63) is 0 Å². The molecule has 0 aliphatic rings. The highest BCUT2D eigenvalue weighted by atomic mass is 31.2. The molecule has 0 spiro atoms. The molecule has 0 radical (unpaired) electrons. The molecule has 0 unspecified atom stereocenters. The highest BCUT2D eigenvalue weighted by Gasteiger charge is 2.35. The van der Waals surface area contributed by atoms with Crippen molar-refractivity contribution in [2.75, 3.05) is 50.8 Å². The molecule has 0 amide bonds. The van der Waals surface area contributed by atoms with Crippen LogP contribution in [0.25, 0.3) is 0 Å². The van der Waals surface area contributed by atoms with E-state index in [9.17, 15) is 0 Å². The summed E-state index contributed by atoms with van der Waals surface area (Å²) < 4.78 is 8.55. The fourth-order valence-corrected chi connectivity index (χ4v) is 1.61. The highest BCUT2D eigenvalue weighted by Crippen LogP contribution is 2.55. The molecule has 0 bridgehead atoms. The average molecular weight is 405 g/mol. The molecule has 8 N–H and O–H groups in total. The molecule has 23 heavy (non-hydrogen) atoms. The van der Waals surface area contributed by atoms with Gasteiger partial charge in [-0.15, -0.1) is 0 Å². The zero-order chi connectivity index (χ0) is 19.2. The van der Waals surface area contributed by atoms with Crippen molar-refractivity contribution in [2.45, 2.75) is 0 Å². The minimum Gasteiger partial charge on any atom is -0.822 e. The molecule has 144 valence electrons. The third-order valence-corrected chi connectivity index (χ3v) is 7.20. The van der Waals surface area contributed by atoms with Gasteiger partial charge in [0.1, 0.15) is 14.5 Å². The molecule has 0 aromatic heterocycles. The van der Waals surface area contributed by atoms with Gasteiger partial charge in [-0.1, -0.05) is 0 Å². The van der Waals surface area contributed by atoms with Crippen molar-refractivity contribution < 1.29 is 60.1 Å². The van der Waals surface area contributed by atoms with Crippen molar-refractivity contribution in [1.29, 1.82) is 0 Å². The lowest BCUT2D eigenvalue weighted by atomic mass is 11.6. The predicted octanol–water partition coefficient (Wildman–Crippen LogP) is -5.22. The third kappa shape index (κ3) is 15.9. The number of aliphatic hydroxyl groups is 8. The maximum Gasteiger partial charge on any atom is 0.161 e. The molecule has 15 heteroatoms. The lowest BCUT2D eigenvalue weighted by Crippen LogP contribution is -2.24. The number of rotatable bonds is 8. The fraction of sp³-hybridized carbons (Fsp3) is 1.00. The Kier molecular flexibility index (Phi) is 18.5. The Balaban J connectivity index is -0.000000273. The van der Waals surface area contributed by atoms with Crippen LogP contribution in [0, 0.1) is 0 Å². The summed E-state index contributed by atoms with van der Waals surface area (Å²) >= 11 is 0. The summed E-state index contributed by atoms with van der Waals surface area (Å²) in [5.41, 5.74) is 0. The monoisotopic (exact) mass is 405 g/mol. The molecule has 0 saturated heterocycles. The van der Waals surface area contributed by atoms with Crippen molar-refractivity contribution in [3.8, 4) is 0 Å². The fourth-order valence-electron chi connectivity index (χ4n) is 0.537. The van der Waals surface area contributed by atoms with Gasteiger partial charge in [-0.2, -0.15) is 7.82 Å². The van der Waals surface area contributed by atoms with Crippen LogP contribution in [0.3, 0.4) is 0 Å². The SMILES string of the molecule is O=P([O-])([O-])[O-].OC[P+](CO)(CO)CO.OC[P+](CO)(CO)CO. The molecule has 0 fully saturated rings. The van der Waals surface area contributed by atoms with Gasteiger partial charge in [-0.25, -0.2) is 0 Å². The Morgan fingerprint density at radius 1 is 0.522 bits per heavy atom. The second-order valence-corrected chi connectivity index (χ2v) is 12.8. The first kappa shape index (κ1) is 28.5. The number of hydrogen-bond acceptors (Lipinski definition) is 12. The minimum atomic E-state index is -5.39. The standard InChI is InChI=1S/2C4H12O4P.H3O4P/c2*5-1-9(2-6,3-7)4-8;1-5(2,3)4/h2*5-8H,1-4H2;(H3,1,2,3,4)/q2*+1;/p-3. The van der Waals surface area contributed by atoms with Gasteiger partial charge in [0, 0.05) is 0 Å². The molecule has 0 aromatic carbocycles. The van der Waals surface area contributed by atoms with Crippen molar-refractivity contribution in [3.63, 3.8) is 0 Å². The van der Waals surface area contributed by atoms with E-state index in [1.54, 1.807) is 0 Å². The summed E-state index contributed by atoms with van der Waals surface area (Å²) in [6, 6.07) is 0. The molecule has 0 aliphatic heterocycles. The average Bonchev–Trinajstić information content (AvgIpc) is 2.52. The van der Waals surface area contributed by atoms with E-state index in [-0.39, 0.29) is 50.8 Å². The van der Waals surface area contributed by atoms with Crippen molar-refractivity contribution in [2.24, 2.45) is 0 Å². The van der Waals surface area contributed by atoms with Gasteiger partial charge >= 0.3 is 0 Å². The normalized spacial score (nSPS) is 12.0. The maximum absolute atomic E-state index is 8.55. The van der Waals surface area contributed by atoms with Gasteiger partial charge in [0.2, 0.25) is 0 Å². The molecule has 0 aliphatic carbocycles. The Labute approximate surface area is 134 Å². The van der Waals surface area contributed by atoms with Crippen LogP contribution in [-0.4, -0.2) is 91.6 Å². The molecule has 0 aromatic rings. The summed E-state index contributed by atoms with van der Waals surface area (Å²) in [6.07, 6.45) is -2.36. The van der Waals surface area contributed by atoms with Gasteiger partial charge in [0.25, 0.3) is 0 Å². The summed E-state index contributed by atoms with van der Waals surface area (Å²) in [6.45, 7) is 0. The minimum absolute atomic E-state index is 0.295. The number of phosphoric acid groups is 1. The maximum atomic E-state index is 8.55. The van der Waals surface area contributed by atoms with Crippen LogP contribution in [-0.2, 0) is 4.57 Å². The molecule has 0 atom stereocenters. The van der Waals surface area contributed by atoms with E-state index in [0.29, 0.717) is 0 Å². The summed E-state index contributed by atoms with van der Waals surface area (Å²) in [4.78, 5) is 25.6. The van der Waals surface area contributed by atoms with Gasteiger partial charge in [-0.05, 0) is 0 Å². The predicted molar refractivity (Wildman–Crippen MR) is 78.1 cm³/mol. The van der Waals surface area contributed by atoms with Crippen molar-refractivity contribution in [1.82, 2.24) is 0 Å². The second-order valence-electron chi connectivity index (χ2n) is 4.26. The van der Waals surface area contributed by atoms with Gasteiger partial charge in [0.15, 0.2) is 50.8 Å². The van der Waals surface area contributed by atoms with E-state index < -0.39 is 22.3 Å². The highest BCUT2D eigenvalue weighted by molar-refractivity contribution is 7.75. The summed E-state index contributed by atoms with van der Waals surface area (Å²) in [7, 11) is -9.78. The molecule has 0 rings (SSSR count). The molecule has 0 heterocycles. The van der Waals surface area contributed by atoms with Gasteiger partial charge in [-0.3, -0.25) is 0 Å². The summed E-state index contributed by atoms with van der Waals surface area (Å²) in [5, 5.41) is 68.4. The lowest BCUT2D eigenvalue weighted by molar-refractivity contribution is -0.432. The van der Waals surface area contributed by atoms with Crippen LogP contribution in [0.5, 0.6) is 0 Å². The summed E-state index contributed by atoms with van der Waals surface area (Å²) in [5.74, 6) is 0. The quantitative estimate of drug-likeness (QED) is 0.176. The van der Waals surface area contributed by atoms with E-state index in [2.05, 4.69) is 0 Å². The van der Waals surface area contributed by atoms with E-state index in [0.717, 1.165) is 0 Å². The van der Waals surface area contributed by atoms with E-state index in [4.69, 9.17) is 60.1 Å². The number of aliphatic hydroxyl groups excluding tert-OH is 8. The van der Waals surface area contributed by atoms with Crippen LogP contribution >= 0.6 is 22.3 Å². The van der Waals surface area contributed by atoms with Crippen LogP contribution < -0.4 is 14.7 Å². The first-order chi connectivity index (χ1) is 10.5. The smallest absolute Gasteiger partial charge is 0.161 e. The second kappa shape index (κ2) is 14.9. The topological polar surface area (TPSA) is 248 Å². The molecule has 12 nitrogen and oxygen atoms in total. The number of hydrogen-bond donors (Lipinski definition) is 8. The largest absolute Gasteiger partial charge is 0.822 e. The van der Waals surface area contributed by atoms with Gasteiger partial charge < -0.3 is 60.1 Å². The van der Waals surface area contributed by atoms with E-state index in [1.807, 2.05) is 0 Å². The first-order valence-corrected chi connectivity index (χ1v) is 12.3. The van der Waals surface area contributed by atoms with Crippen LogP contribution in [0.2, 0.25) is 0 Å². The molecular formula is C8H24O12P3-. The van der Waals surface area contributed by atoms with Gasteiger partial charge in [0.05, 0.1) is 0 Å². The zero-order valence-electron chi connectivity index (χ0n) is 12.2. The lowest BCUT2D eigenvalue weighted by Gasteiger charge is -2.36. The van der Waals surface area contributed by atoms with Crippen molar-refractivity contribution >= 4 is 22.3 Å². The van der Waals surface area contributed by atoms with Crippen LogP contribution in [0.15, 0.2) is 0 Å².